The monoisotopic (exact) mass is 437 g/mol. The Balaban J connectivity index is 1.93. The molecule has 0 saturated heterocycles. The van der Waals surface area contributed by atoms with Crippen molar-refractivity contribution in [2.45, 2.75) is 27.6 Å². The fourth-order valence-corrected chi connectivity index (χ4v) is 3.92. The standard InChI is InChI=1S/C17H8F6O5S/c18-15(19,13(24)25)17(22,23)16(20,21)14(26)28-8-5-6-12-10(7-8)9-3-1-2-4-11(9)29(12)27/h1-7H,(H,24,25)/p-1. The molecular formula is C17H7F6O5S-. The van der Waals surface area contributed by atoms with Crippen molar-refractivity contribution in [3.8, 4) is 16.9 Å². The van der Waals surface area contributed by atoms with Gasteiger partial charge in [-0.2, -0.15) is 26.3 Å². The highest BCUT2D eigenvalue weighted by Gasteiger charge is 2.76. The van der Waals surface area contributed by atoms with Crippen LogP contribution in [0.2, 0.25) is 0 Å². The van der Waals surface area contributed by atoms with Crippen molar-refractivity contribution in [2.75, 3.05) is 0 Å². The lowest BCUT2D eigenvalue weighted by molar-refractivity contribution is -0.365. The van der Waals surface area contributed by atoms with Gasteiger partial charge >= 0.3 is 23.7 Å². The first kappa shape index (κ1) is 20.8. The van der Waals surface area contributed by atoms with Crippen LogP contribution in [0.3, 0.4) is 0 Å². The van der Waals surface area contributed by atoms with Gasteiger partial charge in [-0.15, -0.1) is 0 Å². The normalized spacial score (nSPS) is 16.1. The number of rotatable bonds is 5. The summed E-state index contributed by atoms with van der Waals surface area (Å²) in [5, 5.41) is 10.1. The maximum absolute atomic E-state index is 13.7. The van der Waals surface area contributed by atoms with E-state index >= 15 is 0 Å². The summed E-state index contributed by atoms with van der Waals surface area (Å²) in [5.41, 5.74) is 0.596. The summed E-state index contributed by atoms with van der Waals surface area (Å²) in [6, 6.07) is 9.12. The number of carbonyl (C=O) groups excluding carboxylic acids is 2. The van der Waals surface area contributed by atoms with Crippen LogP contribution in [-0.4, -0.2) is 33.9 Å². The first-order chi connectivity index (χ1) is 13.3. The molecule has 0 spiro atoms. The number of fused-ring (bicyclic) bond motifs is 3. The number of benzene rings is 2. The molecule has 2 aromatic rings. The van der Waals surface area contributed by atoms with E-state index in [4.69, 9.17) is 0 Å². The number of ether oxygens (including phenoxy) is 1. The topological polar surface area (TPSA) is 83.5 Å². The van der Waals surface area contributed by atoms with Crippen molar-refractivity contribution in [2.24, 2.45) is 0 Å². The lowest BCUT2D eigenvalue weighted by Crippen LogP contribution is -2.64. The second-order valence-corrected chi connectivity index (χ2v) is 7.24. The van der Waals surface area contributed by atoms with Crippen molar-refractivity contribution in [1.82, 2.24) is 0 Å². The van der Waals surface area contributed by atoms with E-state index in [1.54, 1.807) is 12.1 Å². The van der Waals surface area contributed by atoms with E-state index in [0.29, 0.717) is 10.5 Å². The lowest BCUT2D eigenvalue weighted by atomic mass is 10.0. The van der Waals surface area contributed by atoms with Crippen molar-refractivity contribution < 1.29 is 50.0 Å². The molecule has 1 atom stereocenters. The predicted octanol–water partition coefficient (Wildman–Crippen LogP) is 2.39. The van der Waals surface area contributed by atoms with Crippen LogP contribution >= 0.6 is 0 Å². The fraction of sp³-hybridized carbons (Fsp3) is 0.176. The van der Waals surface area contributed by atoms with Gasteiger partial charge in [-0.05, 0) is 29.8 Å². The average molecular weight is 437 g/mol. The van der Waals surface area contributed by atoms with Gasteiger partial charge in [0.25, 0.3) is 0 Å². The molecule has 0 saturated carbocycles. The van der Waals surface area contributed by atoms with Crippen LogP contribution in [0.1, 0.15) is 0 Å². The highest BCUT2D eigenvalue weighted by molar-refractivity contribution is 7.85. The number of hydrogen-bond donors (Lipinski definition) is 0. The quantitative estimate of drug-likeness (QED) is 0.348. The summed E-state index contributed by atoms with van der Waals surface area (Å²) < 4.78 is 96.5. The minimum atomic E-state index is -6.62. The molecule has 0 amide bonds. The summed E-state index contributed by atoms with van der Waals surface area (Å²) in [5.74, 6) is -26.8. The van der Waals surface area contributed by atoms with Crippen molar-refractivity contribution >= 4 is 22.7 Å². The summed E-state index contributed by atoms with van der Waals surface area (Å²) in [4.78, 5) is 22.2. The number of hydrogen-bond acceptors (Lipinski definition) is 5. The Kier molecular flexibility index (Phi) is 4.72. The van der Waals surface area contributed by atoms with Gasteiger partial charge in [-0.1, -0.05) is 18.2 Å². The van der Waals surface area contributed by atoms with Crippen LogP contribution in [-0.2, 0) is 20.4 Å². The third-order valence-corrected chi connectivity index (χ3v) is 5.55. The highest BCUT2D eigenvalue weighted by Crippen LogP contribution is 2.47. The van der Waals surface area contributed by atoms with E-state index in [1.165, 1.54) is 12.1 Å². The Bertz CT molecular complexity index is 1050. The third kappa shape index (κ3) is 2.98. The maximum Gasteiger partial charge on any atom is 0.411 e. The van der Waals surface area contributed by atoms with Crippen LogP contribution < -0.4 is 9.84 Å². The Morgan fingerprint density at radius 2 is 1.45 bits per heavy atom. The number of alkyl halides is 6. The van der Waals surface area contributed by atoms with Crippen LogP contribution in [0.25, 0.3) is 11.1 Å². The predicted molar refractivity (Wildman–Crippen MR) is 82.0 cm³/mol. The van der Waals surface area contributed by atoms with Gasteiger partial charge in [0.15, 0.2) is 0 Å². The second kappa shape index (κ2) is 6.58. The summed E-state index contributed by atoms with van der Waals surface area (Å²) in [7, 11) is -1.62. The highest BCUT2D eigenvalue weighted by atomic mass is 32.2. The molecule has 29 heavy (non-hydrogen) atoms. The van der Waals surface area contributed by atoms with Gasteiger partial charge in [0, 0.05) is 5.56 Å². The number of carbonyl (C=O) groups is 2. The van der Waals surface area contributed by atoms with Crippen molar-refractivity contribution in [3.63, 3.8) is 0 Å². The van der Waals surface area contributed by atoms with Gasteiger partial charge in [0.05, 0.1) is 20.6 Å². The van der Waals surface area contributed by atoms with E-state index in [2.05, 4.69) is 4.74 Å². The van der Waals surface area contributed by atoms with Crippen LogP contribution in [0.4, 0.5) is 26.3 Å². The molecule has 0 radical (unpaired) electrons. The molecule has 1 aliphatic rings. The number of esters is 1. The number of aliphatic carboxylic acids is 1. The van der Waals surface area contributed by atoms with Gasteiger partial charge in [0.1, 0.15) is 11.7 Å². The number of halogens is 6. The lowest BCUT2D eigenvalue weighted by Gasteiger charge is -2.31. The van der Waals surface area contributed by atoms with Crippen molar-refractivity contribution in [1.29, 1.82) is 0 Å². The summed E-state index contributed by atoms with van der Waals surface area (Å²) in [6.07, 6.45) is 0. The van der Waals surface area contributed by atoms with Gasteiger partial charge < -0.3 is 14.6 Å². The molecule has 0 bridgehead atoms. The van der Waals surface area contributed by atoms with Crippen molar-refractivity contribution in [3.05, 3.63) is 42.5 Å². The molecule has 0 N–H and O–H groups in total. The zero-order chi connectivity index (χ0) is 21.8. The Morgan fingerprint density at radius 3 is 2.07 bits per heavy atom. The van der Waals surface area contributed by atoms with Gasteiger partial charge in [-0.25, -0.2) is 9.00 Å². The number of carboxylic acid groups (broad SMARTS) is 1. The van der Waals surface area contributed by atoms with E-state index in [1.807, 2.05) is 0 Å². The molecule has 2 aromatic carbocycles. The molecular weight excluding hydrogens is 430 g/mol. The zero-order valence-corrected chi connectivity index (χ0v) is 14.6. The fourth-order valence-electron chi connectivity index (χ4n) is 2.54. The Labute approximate surface area is 160 Å². The first-order valence-corrected chi connectivity index (χ1v) is 8.69. The smallest absolute Gasteiger partial charge is 0.411 e. The van der Waals surface area contributed by atoms with Crippen LogP contribution in [0.5, 0.6) is 5.75 Å². The molecule has 0 fully saturated rings. The van der Waals surface area contributed by atoms with Crippen LogP contribution in [0, 0.1) is 0 Å². The third-order valence-electron chi connectivity index (χ3n) is 4.04. The minimum absolute atomic E-state index is 0.194. The molecule has 0 aromatic heterocycles. The Morgan fingerprint density at radius 1 is 0.862 bits per heavy atom. The molecule has 12 heteroatoms. The maximum atomic E-state index is 13.7. The zero-order valence-electron chi connectivity index (χ0n) is 13.8. The second-order valence-electron chi connectivity index (χ2n) is 5.82. The Hall–Kier alpha value is -2.89. The number of carboxylic acids is 1. The summed E-state index contributed by atoms with van der Waals surface area (Å²) >= 11 is 0. The molecule has 0 aliphatic carbocycles. The molecule has 3 rings (SSSR count). The van der Waals surface area contributed by atoms with E-state index in [9.17, 15) is 45.2 Å². The van der Waals surface area contributed by atoms with E-state index in [-0.39, 0.29) is 10.5 Å². The van der Waals surface area contributed by atoms with Gasteiger partial charge in [0.2, 0.25) is 0 Å². The van der Waals surface area contributed by atoms with E-state index < -0.39 is 46.3 Å². The average Bonchev–Trinajstić information content (AvgIpc) is 2.93. The molecule has 1 aliphatic heterocycles. The first-order valence-electron chi connectivity index (χ1n) is 7.54. The molecule has 154 valence electrons. The molecule has 1 unspecified atom stereocenters. The largest absolute Gasteiger partial charge is 0.544 e. The van der Waals surface area contributed by atoms with E-state index in [0.717, 1.165) is 18.2 Å². The van der Waals surface area contributed by atoms with Gasteiger partial charge in [-0.3, -0.25) is 0 Å². The minimum Gasteiger partial charge on any atom is -0.544 e. The van der Waals surface area contributed by atoms with Crippen LogP contribution in [0.15, 0.2) is 52.3 Å². The SMILES string of the molecule is O=C([O-])C(F)(F)C(F)(F)C(F)(F)C(=O)Oc1ccc2c(c1)-c1ccccc1S2=O. The molecule has 5 nitrogen and oxygen atoms in total. The summed E-state index contributed by atoms with van der Waals surface area (Å²) in [6.45, 7) is 0. The molecule has 1 heterocycles.